The summed E-state index contributed by atoms with van der Waals surface area (Å²) in [5.74, 6) is -0.440. The molecule has 92 valence electrons. The van der Waals surface area contributed by atoms with Crippen LogP contribution < -0.4 is 10.7 Å². The molecule has 2 aromatic rings. The first-order valence-corrected chi connectivity index (χ1v) is 6.89. The summed E-state index contributed by atoms with van der Waals surface area (Å²) in [5, 5.41) is 2.67. The predicted molar refractivity (Wildman–Crippen MR) is 81.9 cm³/mol. The second-order valence-corrected chi connectivity index (χ2v) is 5.53. The van der Waals surface area contributed by atoms with Gasteiger partial charge in [0.05, 0.1) is 4.60 Å². The number of carbonyl (C=O) groups excluding carboxylic acids is 1. The minimum atomic E-state index is -0.440. The number of pyridine rings is 1. The smallest absolute Gasteiger partial charge is 0.262 e. The van der Waals surface area contributed by atoms with Gasteiger partial charge in [-0.3, -0.25) is 9.59 Å². The topological polar surface area (TPSA) is 62.0 Å². The number of aromatic amines is 1. The van der Waals surface area contributed by atoms with Crippen molar-refractivity contribution in [3.05, 3.63) is 60.5 Å². The van der Waals surface area contributed by atoms with E-state index in [4.69, 9.17) is 0 Å². The number of hydrogen-bond donors (Lipinski definition) is 2. The van der Waals surface area contributed by atoms with Gasteiger partial charge in [-0.15, -0.1) is 0 Å². The first kappa shape index (κ1) is 13.3. The molecule has 1 heterocycles. The van der Waals surface area contributed by atoms with Crippen LogP contribution in [0.1, 0.15) is 10.4 Å². The Labute approximate surface area is 125 Å². The fourth-order valence-corrected chi connectivity index (χ4v) is 2.26. The third-order valence-corrected chi connectivity index (χ3v) is 3.58. The molecule has 0 aliphatic carbocycles. The van der Waals surface area contributed by atoms with Crippen molar-refractivity contribution in [2.24, 2.45) is 0 Å². The molecule has 4 nitrogen and oxygen atoms in total. The summed E-state index contributed by atoms with van der Waals surface area (Å²) in [5.41, 5.74) is 0.384. The number of nitrogens with one attached hydrogen (secondary N) is 2. The zero-order valence-corrected chi connectivity index (χ0v) is 12.8. The summed E-state index contributed by atoms with van der Waals surface area (Å²) in [6.45, 7) is 0. The highest BCUT2D eigenvalue weighted by atomic mass is 127. The van der Waals surface area contributed by atoms with Crippen LogP contribution in [0.15, 0.2) is 45.9 Å². The summed E-state index contributed by atoms with van der Waals surface area (Å²) in [7, 11) is 0. The number of aromatic nitrogens is 1. The molecule has 0 aliphatic heterocycles. The number of carbonyl (C=O) groups is 1. The minimum absolute atomic E-state index is 0.0658. The molecule has 1 aromatic carbocycles. The van der Waals surface area contributed by atoms with Crippen molar-refractivity contribution in [3.8, 4) is 0 Å². The molecule has 18 heavy (non-hydrogen) atoms. The van der Waals surface area contributed by atoms with Gasteiger partial charge in [-0.2, -0.15) is 0 Å². The van der Waals surface area contributed by atoms with E-state index in [1.54, 1.807) is 12.1 Å². The molecule has 0 radical (unpaired) electrons. The van der Waals surface area contributed by atoms with Gasteiger partial charge in [0.1, 0.15) is 5.56 Å². The van der Waals surface area contributed by atoms with Crippen LogP contribution in [0.25, 0.3) is 0 Å². The Kier molecular flexibility index (Phi) is 4.18. The average molecular weight is 419 g/mol. The van der Waals surface area contributed by atoms with E-state index in [0.717, 1.165) is 3.57 Å². The number of H-pyrrole nitrogens is 1. The van der Waals surface area contributed by atoms with E-state index in [-0.39, 0.29) is 11.0 Å². The van der Waals surface area contributed by atoms with Gasteiger partial charge in [-0.25, -0.2) is 0 Å². The Bertz CT molecular complexity index is 637. The quantitative estimate of drug-likeness (QED) is 0.581. The molecule has 0 bridgehead atoms. The number of rotatable bonds is 2. The molecule has 1 amide bonds. The molecule has 0 aliphatic rings. The van der Waals surface area contributed by atoms with E-state index >= 15 is 0 Å². The fourth-order valence-electron chi connectivity index (χ4n) is 1.39. The van der Waals surface area contributed by atoms with Crippen molar-refractivity contribution in [3.63, 3.8) is 0 Å². The van der Waals surface area contributed by atoms with Gasteiger partial charge in [-0.05, 0) is 62.8 Å². The first-order valence-electron chi connectivity index (χ1n) is 5.02. The molecule has 0 unspecified atom stereocenters. The summed E-state index contributed by atoms with van der Waals surface area (Å²) in [6.07, 6.45) is 1.48. The monoisotopic (exact) mass is 418 g/mol. The minimum Gasteiger partial charge on any atom is -0.355 e. The predicted octanol–water partition coefficient (Wildman–Crippen LogP) is 2.99. The molecule has 2 N–H and O–H groups in total. The van der Waals surface area contributed by atoms with Gasteiger partial charge in [0, 0.05) is 21.5 Å². The highest BCUT2D eigenvalue weighted by Gasteiger charge is 2.14. The number of amides is 1. The van der Waals surface area contributed by atoms with Crippen LogP contribution in [0.3, 0.4) is 0 Å². The summed E-state index contributed by atoms with van der Waals surface area (Å²) < 4.78 is 1.45. The van der Waals surface area contributed by atoms with Crippen LogP contribution in [0.2, 0.25) is 0 Å². The van der Waals surface area contributed by atoms with E-state index in [9.17, 15) is 9.59 Å². The van der Waals surface area contributed by atoms with Crippen LogP contribution >= 0.6 is 38.5 Å². The zero-order valence-electron chi connectivity index (χ0n) is 9.04. The zero-order chi connectivity index (χ0) is 13.1. The Morgan fingerprint density at radius 2 is 1.89 bits per heavy atom. The fraction of sp³-hybridized carbons (Fsp3) is 0. The number of halogens is 2. The van der Waals surface area contributed by atoms with E-state index in [2.05, 4.69) is 48.8 Å². The van der Waals surface area contributed by atoms with Gasteiger partial charge in [0.15, 0.2) is 5.43 Å². The standard InChI is InChI=1S/C12H8BrIN2O2/c13-11-10(9(17)5-6-15-11)12(18)16-8-3-1-7(14)2-4-8/h1-6H,(H,15,17)(H,16,18). The van der Waals surface area contributed by atoms with E-state index in [0.29, 0.717) is 10.3 Å². The number of anilines is 1. The van der Waals surface area contributed by atoms with Crippen LogP contribution in [-0.4, -0.2) is 10.9 Å². The second-order valence-electron chi connectivity index (χ2n) is 3.49. The van der Waals surface area contributed by atoms with Crippen molar-refractivity contribution in [2.45, 2.75) is 0 Å². The van der Waals surface area contributed by atoms with Crippen molar-refractivity contribution in [2.75, 3.05) is 5.32 Å². The lowest BCUT2D eigenvalue weighted by Gasteiger charge is -2.06. The molecule has 0 saturated carbocycles. The van der Waals surface area contributed by atoms with Crippen molar-refractivity contribution in [1.29, 1.82) is 0 Å². The van der Waals surface area contributed by atoms with Gasteiger partial charge in [0.2, 0.25) is 0 Å². The molecule has 0 spiro atoms. The molecule has 0 fully saturated rings. The maximum Gasteiger partial charge on any atom is 0.262 e. The molecular formula is C12H8BrIN2O2. The second kappa shape index (κ2) is 5.66. The van der Waals surface area contributed by atoms with Gasteiger partial charge in [0.25, 0.3) is 5.91 Å². The largest absolute Gasteiger partial charge is 0.355 e. The van der Waals surface area contributed by atoms with Crippen molar-refractivity contribution >= 4 is 50.1 Å². The van der Waals surface area contributed by atoms with E-state index in [1.807, 2.05) is 12.1 Å². The van der Waals surface area contributed by atoms with Gasteiger partial charge < -0.3 is 10.3 Å². The van der Waals surface area contributed by atoms with Crippen LogP contribution in [0, 0.1) is 3.57 Å². The Morgan fingerprint density at radius 1 is 1.22 bits per heavy atom. The van der Waals surface area contributed by atoms with Crippen LogP contribution in [0.5, 0.6) is 0 Å². The summed E-state index contributed by atoms with van der Waals surface area (Å²) in [4.78, 5) is 26.4. The third kappa shape index (κ3) is 2.99. The molecule has 1 aromatic heterocycles. The van der Waals surface area contributed by atoms with Crippen molar-refractivity contribution in [1.82, 2.24) is 4.98 Å². The average Bonchev–Trinajstić information content (AvgIpc) is 2.32. The Balaban J connectivity index is 2.28. The molecular weight excluding hydrogens is 411 g/mol. The molecule has 0 atom stereocenters. The number of hydrogen-bond acceptors (Lipinski definition) is 2. The number of benzene rings is 1. The maximum atomic E-state index is 12.0. The van der Waals surface area contributed by atoms with Crippen LogP contribution in [0.4, 0.5) is 5.69 Å². The maximum absolute atomic E-state index is 12.0. The first-order chi connectivity index (χ1) is 8.58. The van der Waals surface area contributed by atoms with E-state index < -0.39 is 5.91 Å². The highest BCUT2D eigenvalue weighted by Crippen LogP contribution is 2.14. The Hall–Kier alpha value is -1.15. The third-order valence-electron chi connectivity index (χ3n) is 2.24. The van der Waals surface area contributed by atoms with Gasteiger partial charge in [-0.1, -0.05) is 0 Å². The van der Waals surface area contributed by atoms with Crippen LogP contribution in [-0.2, 0) is 0 Å². The summed E-state index contributed by atoms with van der Waals surface area (Å²) >= 11 is 5.33. The Morgan fingerprint density at radius 3 is 2.50 bits per heavy atom. The highest BCUT2D eigenvalue weighted by molar-refractivity contribution is 14.1. The van der Waals surface area contributed by atoms with E-state index in [1.165, 1.54) is 12.3 Å². The lowest BCUT2D eigenvalue weighted by molar-refractivity contribution is 0.102. The van der Waals surface area contributed by atoms with Gasteiger partial charge >= 0.3 is 0 Å². The molecule has 0 saturated heterocycles. The summed E-state index contributed by atoms with van der Waals surface area (Å²) in [6, 6.07) is 8.63. The molecule has 2 rings (SSSR count). The lowest BCUT2D eigenvalue weighted by atomic mass is 10.2. The normalized spacial score (nSPS) is 10.1. The SMILES string of the molecule is O=C(Nc1ccc(I)cc1)c1c(Br)[nH]ccc1=O. The lowest BCUT2D eigenvalue weighted by Crippen LogP contribution is -2.22. The molecule has 6 heteroatoms. The van der Waals surface area contributed by atoms with Crippen molar-refractivity contribution < 1.29 is 4.79 Å².